The molecular weight excluding hydrogens is 258 g/mol. The summed E-state index contributed by atoms with van der Waals surface area (Å²) in [5.41, 5.74) is 3.09. The topological polar surface area (TPSA) is 29.1 Å². The second kappa shape index (κ2) is 5.54. The van der Waals surface area contributed by atoms with Crippen LogP contribution in [0.15, 0.2) is 18.2 Å². The van der Waals surface area contributed by atoms with Gasteiger partial charge in [0.1, 0.15) is 0 Å². The summed E-state index contributed by atoms with van der Waals surface area (Å²) in [5, 5.41) is 2.96. The highest BCUT2D eigenvalue weighted by Crippen LogP contribution is 2.39. The molecule has 0 spiro atoms. The van der Waals surface area contributed by atoms with E-state index in [-0.39, 0.29) is 11.3 Å². The zero-order chi connectivity index (χ0) is 13.2. The zero-order valence-electron chi connectivity index (χ0n) is 11.1. The molecule has 0 radical (unpaired) electrons. The van der Waals surface area contributed by atoms with Gasteiger partial charge in [-0.1, -0.05) is 31.4 Å². The van der Waals surface area contributed by atoms with Gasteiger partial charge in [0, 0.05) is 12.1 Å². The number of benzene rings is 1. The highest BCUT2D eigenvalue weighted by Gasteiger charge is 2.25. The van der Waals surface area contributed by atoms with Crippen molar-refractivity contribution in [1.29, 1.82) is 0 Å². The van der Waals surface area contributed by atoms with Gasteiger partial charge in [0.25, 0.3) is 5.91 Å². The number of halogens is 1. The largest absolute Gasteiger partial charge is 0.352 e. The summed E-state index contributed by atoms with van der Waals surface area (Å²) in [4.78, 5) is 11.9. The van der Waals surface area contributed by atoms with E-state index in [9.17, 15) is 4.79 Å². The van der Waals surface area contributed by atoms with Crippen LogP contribution in [0.3, 0.4) is 0 Å². The van der Waals surface area contributed by atoms with Crippen molar-refractivity contribution in [3.05, 3.63) is 34.9 Å². The predicted molar refractivity (Wildman–Crippen MR) is 77.6 cm³/mol. The molecule has 1 aromatic carbocycles. The van der Waals surface area contributed by atoms with Gasteiger partial charge < -0.3 is 5.32 Å². The molecule has 102 valence electrons. The molecule has 1 saturated carbocycles. The van der Waals surface area contributed by atoms with Crippen LogP contribution in [-0.4, -0.2) is 12.5 Å². The SMILES string of the molecule is O=C1NCCc2ccc(C(Cl)C3CCCCC3)cc21. The molecule has 1 amide bonds. The maximum atomic E-state index is 11.9. The summed E-state index contributed by atoms with van der Waals surface area (Å²) in [5.74, 6) is 0.621. The minimum absolute atomic E-state index is 0.0515. The normalized spacial score (nSPS) is 21.6. The molecular formula is C16H20ClNO. The van der Waals surface area contributed by atoms with Crippen LogP contribution in [0.5, 0.6) is 0 Å². The summed E-state index contributed by atoms with van der Waals surface area (Å²) < 4.78 is 0. The third kappa shape index (κ3) is 2.64. The number of amides is 1. The molecule has 1 heterocycles. The van der Waals surface area contributed by atoms with Gasteiger partial charge in [-0.25, -0.2) is 0 Å². The lowest BCUT2D eigenvalue weighted by Crippen LogP contribution is -2.32. The molecule has 2 aliphatic rings. The molecule has 0 aromatic heterocycles. The fraction of sp³-hybridized carbons (Fsp3) is 0.562. The molecule has 19 heavy (non-hydrogen) atoms. The number of hydrogen-bond acceptors (Lipinski definition) is 1. The number of carbonyl (C=O) groups is 1. The minimum Gasteiger partial charge on any atom is -0.352 e. The number of rotatable bonds is 2. The van der Waals surface area contributed by atoms with Crippen LogP contribution < -0.4 is 5.32 Å². The van der Waals surface area contributed by atoms with Crippen LogP contribution in [0, 0.1) is 5.92 Å². The maximum Gasteiger partial charge on any atom is 0.251 e. The van der Waals surface area contributed by atoms with Gasteiger partial charge in [-0.15, -0.1) is 11.6 Å². The number of fused-ring (bicyclic) bond motifs is 1. The molecule has 3 rings (SSSR count). The van der Waals surface area contributed by atoms with E-state index in [0.29, 0.717) is 5.92 Å². The van der Waals surface area contributed by atoms with Crippen LogP contribution in [0.25, 0.3) is 0 Å². The molecule has 1 atom stereocenters. The average molecular weight is 278 g/mol. The summed E-state index contributed by atoms with van der Waals surface area (Å²) in [6.07, 6.45) is 7.29. The Kier molecular flexibility index (Phi) is 3.79. The highest BCUT2D eigenvalue weighted by atomic mass is 35.5. The average Bonchev–Trinajstić information content (AvgIpc) is 2.47. The summed E-state index contributed by atoms with van der Waals surface area (Å²) in [7, 11) is 0. The molecule has 0 bridgehead atoms. The van der Waals surface area contributed by atoms with Crippen molar-refractivity contribution in [2.45, 2.75) is 43.9 Å². The van der Waals surface area contributed by atoms with E-state index in [1.54, 1.807) is 0 Å². The van der Waals surface area contributed by atoms with E-state index in [0.717, 1.165) is 29.7 Å². The quantitative estimate of drug-likeness (QED) is 0.818. The third-order valence-electron chi connectivity index (χ3n) is 4.44. The Morgan fingerprint density at radius 2 is 2.00 bits per heavy atom. The number of hydrogen-bond donors (Lipinski definition) is 1. The Labute approximate surface area is 119 Å². The standard InChI is InChI=1S/C16H20ClNO/c17-15(12-4-2-1-3-5-12)13-7-6-11-8-9-18-16(19)14(11)10-13/h6-7,10,12,15H,1-5,8-9H2,(H,18,19). The molecule has 3 heteroatoms. The second-order valence-corrected chi connectivity index (χ2v) is 6.19. The number of carbonyl (C=O) groups excluding carboxylic acids is 1. The fourth-order valence-electron chi connectivity index (χ4n) is 3.30. The van der Waals surface area contributed by atoms with Crippen molar-refractivity contribution in [2.75, 3.05) is 6.54 Å². The second-order valence-electron chi connectivity index (χ2n) is 5.72. The Bertz CT molecular complexity index is 480. The van der Waals surface area contributed by atoms with E-state index in [2.05, 4.69) is 17.4 Å². The minimum atomic E-state index is 0.0515. The van der Waals surface area contributed by atoms with Crippen LogP contribution >= 0.6 is 11.6 Å². The lowest BCUT2D eigenvalue weighted by molar-refractivity contribution is 0.0946. The first-order chi connectivity index (χ1) is 9.25. The van der Waals surface area contributed by atoms with Gasteiger partial charge >= 0.3 is 0 Å². The highest BCUT2D eigenvalue weighted by molar-refractivity contribution is 6.21. The van der Waals surface area contributed by atoms with Crippen molar-refractivity contribution in [1.82, 2.24) is 5.32 Å². The van der Waals surface area contributed by atoms with E-state index >= 15 is 0 Å². The van der Waals surface area contributed by atoms with Gasteiger partial charge in [-0.2, -0.15) is 0 Å². The van der Waals surface area contributed by atoms with Gasteiger partial charge in [0.2, 0.25) is 0 Å². The fourth-order valence-corrected chi connectivity index (χ4v) is 3.69. The monoisotopic (exact) mass is 277 g/mol. The Morgan fingerprint density at radius 1 is 1.21 bits per heavy atom. The first kappa shape index (κ1) is 13.0. The van der Waals surface area contributed by atoms with E-state index in [4.69, 9.17) is 11.6 Å². The molecule has 1 aliphatic carbocycles. The smallest absolute Gasteiger partial charge is 0.251 e. The van der Waals surface area contributed by atoms with Crippen molar-refractivity contribution in [3.8, 4) is 0 Å². The number of alkyl halides is 1. The van der Waals surface area contributed by atoms with Crippen molar-refractivity contribution < 1.29 is 4.79 Å². The van der Waals surface area contributed by atoms with Crippen LogP contribution in [0.1, 0.15) is 59.0 Å². The summed E-state index contributed by atoms with van der Waals surface area (Å²) in [6.45, 7) is 0.748. The first-order valence-electron chi connectivity index (χ1n) is 7.31. The Hall–Kier alpha value is -1.02. The van der Waals surface area contributed by atoms with Crippen molar-refractivity contribution in [3.63, 3.8) is 0 Å². The third-order valence-corrected chi connectivity index (χ3v) is 5.05. The molecule has 1 aromatic rings. The summed E-state index contributed by atoms with van der Waals surface area (Å²) >= 11 is 6.64. The molecule has 1 fully saturated rings. The van der Waals surface area contributed by atoms with E-state index < -0.39 is 0 Å². The van der Waals surface area contributed by atoms with Crippen molar-refractivity contribution >= 4 is 17.5 Å². The van der Waals surface area contributed by atoms with Crippen LogP contribution in [0.2, 0.25) is 0 Å². The van der Waals surface area contributed by atoms with Gasteiger partial charge in [0.05, 0.1) is 5.38 Å². The number of nitrogens with one attached hydrogen (secondary N) is 1. The molecule has 1 N–H and O–H groups in total. The Morgan fingerprint density at radius 3 is 2.79 bits per heavy atom. The van der Waals surface area contributed by atoms with Gasteiger partial charge in [-0.05, 0) is 42.4 Å². The predicted octanol–water partition coefficient (Wildman–Crippen LogP) is 3.83. The lowest BCUT2D eigenvalue weighted by Gasteiger charge is -2.27. The van der Waals surface area contributed by atoms with Gasteiger partial charge in [-0.3, -0.25) is 4.79 Å². The van der Waals surface area contributed by atoms with Gasteiger partial charge in [0.15, 0.2) is 0 Å². The van der Waals surface area contributed by atoms with E-state index in [1.807, 2.05) is 6.07 Å². The summed E-state index contributed by atoms with van der Waals surface area (Å²) in [6, 6.07) is 6.21. The zero-order valence-corrected chi connectivity index (χ0v) is 11.9. The van der Waals surface area contributed by atoms with E-state index in [1.165, 1.54) is 32.1 Å². The molecule has 1 unspecified atom stereocenters. The maximum absolute atomic E-state index is 11.9. The lowest BCUT2D eigenvalue weighted by atomic mass is 9.83. The van der Waals surface area contributed by atoms with Crippen LogP contribution in [-0.2, 0) is 6.42 Å². The molecule has 0 saturated heterocycles. The molecule has 1 aliphatic heterocycles. The first-order valence-corrected chi connectivity index (χ1v) is 7.74. The van der Waals surface area contributed by atoms with Crippen LogP contribution in [0.4, 0.5) is 0 Å². The molecule has 2 nitrogen and oxygen atoms in total. The van der Waals surface area contributed by atoms with Crippen molar-refractivity contribution in [2.24, 2.45) is 5.92 Å². The Balaban J connectivity index is 1.84.